The van der Waals surface area contributed by atoms with Gasteiger partial charge in [-0.2, -0.15) is 0 Å². The van der Waals surface area contributed by atoms with Crippen LogP contribution in [0.3, 0.4) is 0 Å². The Balaban J connectivity index is 3.14. The molecule has 0 fully saturated rings. The van der Waals surface area contributed by atoms with Crippen molar-refractivity contribution in [2.45, 2.75) is 0 Å². The van der Waals surface area contributed by atoms with Gasteiger partial charge in [-0.15, -0.1) is 0 Å². The normalized spacial score (nSPS) is 10.7. The van der Waals surface area contributed by atoms with E-state index < -0.39 is 5.69 Å². The minimum Gasteiger partial charge on any atom is -0.306 e. The van der Waals surface area contributed by atoms with E-state index >= 15 is 0 Å². The second-order valence-electron chi connectivity index (χ2n) is 2.96. The van der Waals surface area contributed by atoms with Crippen LogP contribution in [0.4, 0.5) is 0 Å². The molecule has 0 amide bonds. The third-order valence-corrected chi connectivity index (χ3v) is 2.75. The van der Waals surface area contributed by atoms with Crippen LogP contribution in [-0.4, -0.2) is 9.55 Å². The van der Waals surface area contributed by atoms with Gasteiger partial charge in [0.25, 0.3) is 5.56 Å². The average Bonchev–Trinajstić information content (AvgIpc) is 2.17. The number of hydrogen-bond donors (Lipinski definition) is 1. The zero-order chi connectivity index (χ0) is 10.3. The summed E-state index contributed by atoms with van der Waals surface area (Å²) in [6.45, 7) is 0. The summed E-state index contributed by atoms with van der Waals surface area (Å²) in [6, 6.07) is 5.21. The van der Waals surface area contributed by atoms with E-state index in [0.717, 1.165) is 4.57 Å². The number of halogens is 1. The monoisotopic (exact) mass is 254 g/mol. The minimum atomic E-state index is -0.408. The zero-order valence-electron chi connectivity index (χ0n) is 7.37. The zero-order valence-corrected chi connectivity index (χ0v) is 8.96. The molecule has 1 heterocycles. The number of benzene rings is 1. The van der Waals surface area contributed by atoms with Crippen LogP contribution in [0.1, 0.15) is 0 Å². The summed E-state index contributed by atoms with van der Waals surface area (Å²) in [7, 11) is 1.45. The van der Waals surface area contributed by atoms with Crippen LogP contribution in [0.25, 0.3) is 10.9 Å². The van der Waals surface area contributed by atoms with Gasteiger partial charge in [0.05, 0.1) is 10.9 Å². The number of nitrogens with zero attached hydrogens (tertiary/aromatic N) is 1. The Morgan fingerprint density at radius 3 is 2.79 bits per heavy atom. The van der Waals surface area contributed by atoms with Crippen molar-refractivity contribution in [3.63, 3.8) is 0 Å². The predicted octanol–water partition coefficient (Wildman–Crippen LogP) is 0.989. The van der Waals surface area contributed by atoms with Crippen LogP contribution in [0.15, 0.2) is 32.3 Å². The third-order valence-electron chi connectivity index (χ3n) is 2.09. The summed E-state index contributed by atoms with van der Waals surface area (Å²) < 4.78 is 1.76. The molecule has 2 aromatic rings. The van der Waals surface area contributed by atoms with Gasteiger partial charge in [-0.3, -0.25) is 9.36 Å². The number of nitrogens with one attached hydrogen (secondary N) is 1. The molecule has 0 bridgehead atoms. The molecular weight excluding hydrogens is 248 g/mol. The second kappa shape index (κ2) is 3.09. The van der Waals surface area contributed by atoms with Gasteiger partial charge in [0.1, 0.15) is 0 Å². The molecular formula is C9H7BrN2O2. The van der Waals surface area contributed by atoms with E-state index in [1.54, 1.807) is 18.2 Å². The summed E-state index contributed by atoms with van der Waals surface area (Å²) in [5, 5.41) is 0.501. The van der Waals surface area contributed by atoms with Crippen molar-refractivity contribution >= 4 is 26.8 Å². The highest BCUT2D eigenvalue weighted by molar-refractivity contribution is 9.10. The van der Waals surface area contributed by atoms with E-state index in [2.05, 4.69) is 20.9 Å². The largest absolute Gasteiger partial charge is 0.328 e. The third kappa shape index (κ3) is 1.21. The Hall–Kier alpha value is -1.36. The Morgan fingerprint density at radius 2 is 2.07 bits per heavy atom. The van der Waals surface area contributed by atoms with Crippen molar-refractivity contribution in [2.75, 3.05) is 0 Å². The Labute approximate surface area is 87.3 Å². The number of aromatic amines is 1. The lowest BCUT2D eigenvalue weighted by atomic mass is 10.2. The van der Waals surface area contributed by atoms with Gasteiger partial charge >= 0.3 is 5.69 Å². The SMILES string of the molecule is Cn1c(=O)[nH]c2c(Br)cccc2c1=O. The lowest BCUT2D eigenvalue weighted by Crippen LogP contribution is -2.32. The Kier molecular flexibility index (Phi) is 2.03. The van der Waals surface area contributed by atoms with Gasteiger partial charge in [-0.05, 0) is 28.1 Å². The molecule has 1 aromatic heterocycles. The fourth-order valence-electron chi connectivity index (χ4n) is 1.29. The summed E-state index contributed by atoms with van der Waals surface area (Å²) in [4.78, 5) is 25.5. The first-order valence-electron chi connectivity index (χ1n) is 3.99. The van der Waals surface area contributed by atoms with Gasteiger partial charge < -0.3 is 4.98 Å². The van der Waals surface area contributed by atoms with E-state index in [4.69, 9.17) is 0 Å². The average molecular weight is 255 g/mol. The number of H-pyrrole nitrogens is 1. The van der Waals surface area contributed by atoms with Gasteiger partial charge in [0, 0.05) is 11.5 Å². The molecule has 0 unspecified atom stereocenters. The molecule has 0 radical (unpaired) electrons. The molecule has 0 saturated heterocycles. The standard InChI is InChI=1S/C9H7BrN2O2/c1-12-8(13)5-3-2-4-6(10)7(5)11-9(12)14/h2-4H,1H3,(H,11,14). The molecule has 72 valence electrons. The molecule has 4 nitrogen and oxygen atoms in total. The smallest absolute Gasteiger partial charge is 0.306 e. The van der Waals surface area contributed by atoms with Gasteiger partial charge in [-0.1, -0.05) is 6.07 Å². The number of para-hydroxylation sites is 1. The van der Waals surface area contributed by atoms with E-state index in [1.165, 1.54) is 7.05 Å². The van der Waals surface area contributed by atoms with Crippen molar-refractivity contribution in [1.82, 2.24) is 9.55 Å². The predicted molar refractivity (Wildman–Crippen MR) is 57.5 cm³/mol. The lowest BCUT2D eigenvalue weighted by molar-refractivity contribution is 0.793. The van der Waals surface area contributed by atoms with E-state index in [9.17, 15) is 9.59 Å². The van der Waals surface area contributed by atoms with Crippen molar-refractivity contribution in [1.29, 1.82) is 0 Å². The lowest BCUT2D eigenvalue weighted by Gasteiger charge is -2.01. The van der Waals surface area contributed by atoms with Crippen LogP contribution in [0.2, 0.25) is 0 Å². The molecule has 14 heavy (non-hydrogen) atoms. The summed E-state index contributed by atoms with van der Waals surface area (Å²) in [5.74, 6) is 0. The quantitative estimate of drug-likeness (QED) is 0.763. The van der Waals surface area contributed by atoms with Crippen molar-refractivity contribution in [2.24, 2.45) is 7.05 Å². The minimum absolute atomic E-state index is 0.287. The fraction of sp³-hybridized carbons (Fsp3) is 0.111. The van der Waals surface area contributed by atoms with E-state index in [-0.39, 0.29) is 5.56 Å². The maximum absolute atomic E-state index is 11.6. The summed E-state index contributed by atoms with van der Waals surface area (Å²) in [5.41, 5.74) is -0.153. The summed E-state index contributed by atoms with van der Waals surface area (Å²) >= 11 is 3.27. The van der Waals surface area contributed by atoms with Crippen molar-refractivity contribution in [3.8, 4) is 0 Å². The highest BCUT2D eigenvalue weighted by Gasteiger charge is 2.05. The maximum Gasteiger partial charge on any atom is 0.328 e. The summed E-state index contributed by atoms with van der Waals surface area (Å²) in [6.07, 6.45) is 0. The molecule has 0 aliphatic rings. The van der Waals surface area contributed by atoms with Crippen LogP contribution in [-0.2, 0) is 7.05 Å². The molecule has 0 atom stereocenters. The van der Waals surface area contributed by atoms with Gasteiger partial charge in [-0.25, -0.2) is 4.79 Å². The molecule has 1 aromatic carbocycles. The van der Waals surface area contributed by atoms with E-state index in [0.29, 0.717) is 15.4 Å². The van der Waals surface area contributed by atoms with Gasteiger partial charge in [0.15, 0.2) is 0 Å². The molecule has 0 aliphatic carbocycles. The van der Waals surface area contributed by atoms with Crippen molar-refractivity contribution < 1.29 is 0 Å². The van der Waals surface area contributed by atoms with Crippen molar-refractivity contribution in [3.05, 3.63) is 43.5 Å². The number of rotatable bonds is 0. The van der Waals surface area contributed by atoms with Gasteiger partial charge in [0.2, 0.25) is 0 Å². The number of aromatic nitrogens is 2. The number of hydrogen-bond acceptors (Lipinski definition) is 2. The maximum atomic E-state index is 11.6. The van der Waals surface area contributed by atoms with Crippen LogP contribution >= 0.6 is 15.9 Å². The first kappa shape index (κ1) is 9.21. The molecule has 0 spiro atoms. The number of fused-ring (bicyclic) bond motifs is 1. The fourth-order valence-corrected chi connectivity index (χ4v) is 1.76. The van der Waals surface area contributed by atoms with Crippen LogP contribution < -0.4 is 11.2 Å². The topological polar surface area (TPSA) is 54.9 Å². The molecule has 0 saturated carbocycles. The first-order chi connectivity index (χ1) is 6.61. The Bertz CT molecular complexity index is 612. The van der Waals surface area contributed by atoms with Crippen LogP contribution in [0, 0.1) is 0 Å². The molecule has 5 heteroatoms. The van der Waals surface area contributed by atoms with E-state index in [1.807, 2.05) is 0 Å². The van der Waals surface area contributed by atoms with Crippen LogP contribution in [0.5, 0.6) is 0 Å². The molecule has 2 rings (SSSR count). The highest BCUT2D eigenvalue weighted by Crippen LogP contribution is 2.17. The first-order valence-corrected chi connectivity index (χ1v) is 4.78. The second-order valence-corrected chi connectivity index (χ2v) is 3.81. The highest BCUT2D eigenvalue weighted by atomic mass is 79.9. The molecule has 1 N–H and O–H groups in total. The molecule has 0 aliphatic heterocycles. The Morgan fingerprint density at radius 1 is 1.36 bits per heavy atom.